The molecule has 1 fully saturated rings. The molecule has 0 aliphatic carbocycles. The van der Waals surface area contributed by atoms with Crippen LogP contribution in [-0.4, -0.2) is 65.1 Å². The van der Waals surface area contributed by atoms with Crippen LogP contribution in [-0.2, 0) is 13.0 Å². The maximum atomic E-state index is 4.68. The first kappa shape index (κ1) is 27.8. The van der Waals surface area contributed by atoms with Gasteiger partial charge in [-0.15, -0.1) is 0 Å². The first-order valence-corrected chi connectivity index (χ1v) is 13.0. The topological polar surface area (TPSA) is 35.5 Å². The molecule has 1 unspecified atom stereocenters. The fourth-order valence-electron chi connectivity index (χ4n) is 4.29. The van der Waals surface area contributed by atoms with E-state index in [4.69, 9.17) is 0 Å². The van der Waals surface area contributed by atoms with Crippen molar-refractivity contribution in [2.75, 3.05) is 44.2 Å². The molecule has 2 aliphatic heterocycles. The molecule has 0 amide bonds. The maximum absolute atomic E-state index is 4.68. The molecule has 2 aliphatic rings. The number of hydrogen-bond donors (Lipinski definition) is 0. The number of fused-ring (bicyclic) bond motifs is 1. The molecule has 1 saturated heterocycles. The van der Waals surface area contributed by atoms with Gasteiger partial charge in [-0.1, -0.05) is 60.8 Å². The van der Waals surface area contributed by atoms with Crippen LogP contribution in [0.4, 0.5) is 5.82 Å². The zero-order valence-electron chi connectivity index (χ0n) is 22.0. The number of nitrogens with zero attached hydrogens (tertiary/aromatic N) is 5. The Morgan fingerprint density at radius 1 is 0.871 bits per heavy atom. The lowest BCUT2D eigenvalue weighted by Crippen LogP contribution is -2.49. The summed E-state index contributed by atoms with van der Waals surface area (Å²) in [6.07, 6.45) is 8.11. The average molecular weight is 434 g/mol. The van der Waals surface area contributed by atoms with Crippen LogP contribution in [0.25, 0.3) is 0 Å². The molecule has 1 aromatic rings. The highest BCUT2D eigenvalue weighted by molar-refractivity contribution is 5.50. The number of hydrogen-bond acceptors (Lipinski definition) is 5. The summed E-state index contributed by atoms with van der Waals surface area (Å²) < 4.78 is 0. The minimum atomic E-state index is 0.639. The van der Waals surface area contributed by atoms with Gasteiger partial charge in [0.15, 0.2) is 0 Å². The highest BCUT2D eigenvalue weighted by Crippen LogP contribution is 2.27. The molecule has 0 bridgehead atoms. The molecular formula is C26H51N5. The third kappa shape index (κ3) is 9.05. The number of aromatic nitrogens is 2. The van der Waals surface area contributed by atoms with Crippen molar-refractivity contribution in [2.24, 2.45) is 5.92 Å². The smallest absolute Gasteiger partial charge is 0.135 e. The molecule has 1 atom stereocenters. The van der Waals surface area contributed by atoms with Gasteiger partial charge in [-0.2, -0.15) is 0 Å². The summed E-state index contributed by atoms with van der Waals surface area (Å²) in [5.74, 6) is 1.98. The average Bonchev–Trinajstić information content (AvgIpc) is 2.80. The number of unbranched alkanes of at least 4 members (excludes halogenated alkanes) is 1. The zero-order chi connectivity index (χ0) is 23.2. The second-order valence-electron chi connectivity index (χ2n) is 9.12. The molecule has 0 radical (unpaired) electrons. The number of piperazine rings is 1. The molecule has 31 heavy (non-hydrogen) atoms. The first-order chi connectivity index (χ1) is 15.0. The van der Waals surface area contributed by atoms with Crippen molar-refractivity contribution in [1.82, 2.24) is 19.8 Å². The molecule has 0 saturated carbocycles. The van der Waals surface area contributed by atoms with E-state index in [1.165, 1.54) is 49.3 Å². The van der Waals surface area contributed by atoms with Crippen molar-refractivity contribution in [3.63, 3.8) is 0 Å². The molecule has 3 rings (SSSR count). The lowest BCUT2D eigenvalue weighted by Gasteiger charge is -2.39. The van der Waals surface area contributed by atoms with Crippen molar-refractivity contribution < 1.29 is 0 Å². The van der Waals surface area contributed by atoms with Gasteiger partial charge in [0.25, 0.3) is 0 Å². The monoisotopic (exact) mass is 433 g/mol. The van der Waals surface area contributed by atoms with Gasteiger partial charge < -0.3 is 4.90 Å². The second-order valence-corrected chi connectivity index (χ2v) is 9.12. The van der Waals surface area contributed by atoms with Crippen LogP contribution in [0.5, 0.6) is 0 Å². The van der Waals surface area contributed by atoms with Gasteiger partial charge in [0.2, 0.25) is 0 Å². The van der Waals surface area contributed by atoms with E-state index in [9.17, 15) is 0 Å². The quantitative estimate of drug-likeness (QED) is 0.556. The Hall–Kier alpha value is -1.20. The Labute approximate surface area is 193 Å². The summed E-state index contributed by atoms with van der Waals surface area (Å²) in [7, 11) is 0. The Morgan fingerprint density at radius 3 is 2.06 bits per heavy atom. The van der Waals surface area contributed by atoms with Crippen LogP contribution in [0.1, 0.15) is 92.3 Å². The SMILES string of the molecule is CC.CCCC.CCCC(C)CN1CCc2c(ncnc2N2CCN(C(C)C)CC2)C1. The molecule has 0 aromatic carbocycles. The van der Waals surface area contributed by atoms with E-state index < -0.39 is 0 Å². The van der Waals surface area contributed by atoms with Crippen molar-refractivity contribution in [1.29, 1.82) is 0 Å². The van der Waals surface area contributed by atoms with Crippen LogP contribution in [0.3, 0.4) is 0 Å². The molecule has 180 valence electrons. The van der Waals surface area contributed by atoms with E-state index in [2.05, 4.69) is 66.2 Å². The van der Waals surface area contributed by atoms with E-state index in [0.717, 1.165) is 51.6 Å². The minimum Gasteiger partial charge on any atom is -0.354 e. The normalized spacial score (nSPS) is 17.9. The summed E-state index contributed by atoms with van der Waals surface area (Å²) >= 11 is 0. The van der Waals surface area contributed by atoms with Crippen molar-refractivity contribution in [2.45, 2.75) is 100 Å². The van der Waals surface area contributed by atoms with Crippen LogP contribution in [0.2, 0.25) is 0 Å². The maximum Gasteiger partial charge on any atom is 0.135 e. The molecule has 3 heterocycles. The Kier molecular flexibility index (Phi) is 14.0. The summed E-state index contributed by atoms with van der Waals surface area (Å²) in [6, 6.07) is 0.639. The van der Waals surface area contributed by atoms with Crippen molar-refractivity contribution in [3.05, 3.63) is 17.6 Å². The van der Waals surface area contributed by atoms with Crippen LogP contribution < -0.4 is 4.90 Å². The predicted octanol–water partition coefficient (Wildman–Crippen LogP) is 5.63. The Bertz CT molecular complexity index is 579. The van der Waals surface area contributed by atoms with Gasteiger partial charge in [0.1, 0.15) is 12.1 Å². The van der Waals surface area contributed by atoms with E-state index in [0.29, 0.717) is 6.04 Å². The van der Waals surface area contributed by atoms with Gasteiger partial charge in [-0.05, 0) is 32.6 Å². The number of rotatable bonds is 7. The molecule has 0 spiro atoms. The van der Waals surface area contributed by atoms with E-state index in [1.807, 2.05) is 13.8 Å². The third-order valence-corrected chi connectivity index (χ3v) is 6.26. The molecule has 5 nitrogen and oxygen atoms in total. The van der Waals surface area contributed by atoms with Gasteiger partial charge in [-0.25, -0.2) is 9.97 Å². The predicted molar refractivity (Wildman–Crippen MR) is 136 cm³/mol. The largest absolute Gasteiger partial charge is 0.354 e. The van der Waals surface area contributed by atoms with Gasteiger partial charge in [0.05, 0.1) is 5.69 Å². The van der Waals surface area contributed by atoms with Gasteiger partial charge >= 0.3 is 0 Å². The minimum absolute atomic E-state index is 0.639. The highest BCUT2D eigenvalue weighted by Gasteiger charge is 2.26. The highest BCUT2D eigenvalue weighted by atomic mass is 15.3. The number of anilines is 1. The Balaban J connectivity index is 0.000000720. The van der Waals surface area contributed by atoms with Crippen LogP contribution >= 0.6 is 0 Å². The Morgan fingerprint density at radius 2 is 1.52 bits per heavy atom. The lowest BCUT2D eigenvalue weighted by molar-refractivity contribution is 0.205. The van der Waals surface area contributed by atoms with Gasteiger partial charge in [0, 0.05) is 57.4 Å². The van der Waals surface area contributed by atoms with E-state index >= 15 is 0 Å². The third-order valence-electron chi connectivity index (χ3n) is 6.26. The van der Waals surface area contributed by atoms with E-state index in [-0.39, 0.29) is 0 Å². The summed E-state index contributed by atoms with van der Waals surface area (Å²) in [5, 5.41) is 0. The molecule has 1 aromatic heterocycles. The lowest BCUT2D eigenvalue weighted by atomic mass is 10.0. The summed E-state index contributed by atoms with van der Waals surface area (Å²) in [4.78, 5) is 16.9. The van der Waals surface area contributed by atoms with Crippen molar-refractivity contribution in [3.8, 4) is 0 Å². The van der Waals surface area contributed by atoms with Crippen LogP contribution in [0.15, 0.2) is 6.33 Å². The molecule has 0 N–H and O–H groups in total. The fourth-order valence-corrected chi connectivity index (χ4v) is 4.29. The first-order valence-electron chi connectivity index (χ1n) is 13.0. The standard InChI is InChI=1S/C20H35N5.C4H10.C2H6/c1-5-6-17(4)13-23-8-7-18-19(14-23)21-15-22-20(18)25-11-9-24(10-12-25)16(2)3;1-3-4-2;1-2/h15-17H,5-14H2,1-4H3;3-4H2,1-2H3;1-2H3. The van der Waals surface area contributed by atoms with Gasteiger partial charge in [-0.3, -0.25) is 9.80 Å². The molecule has 5 heteroatoms. The van der Waals surface area contributed by atoms with Crippen LogP contribution in [0, 0.1) is 5.92 Å². The fraction of sp³-hybridized carbons (Fsp3) is 0.846. The van der Waals surface area contributed by atoms with Crippen molar-refractivity contribution >= 4 is 5.82 Å². The van der Waals surface area contributed by atoms with E-state index in [1.54, 1.807) is 6.33 Å². The summed E-state index contributed by atoms with van der Waals surface area (Å²) in [6.45, 7) is 25.4. The zero-order valence-corrected chi connectivity index (χ0v) is 22.0. The summed E-state index contributed by atoms with van der Waals surface area (Å²) in [5.41, 5.74) is 2.66. The molecular weight excluding hydrogens is 382 g/mol. The second kappa shape index (κ2) is 15.6.